The summed E-state index contributed by atoms with van der Waals surface area (Å²) in [6.45, 7) is 2.00. The van der Waals surface area contributed by atoms with Gasteiger partial charge in [0.05, 0.1) is 11.7 Å². The van der Waals surface area contributed by atoms with Gasteiger partial charge in [0.2, 0.25) is 0 Å². The third-order valence-corrected chi connectivity index (χ3v) is 4.96. The number of hydrogen-bond donors (Lipinski definition) is 2. The van der Waals surface area contributed by atoms with E-state index in [0.717, 1.165) is 25.7 Å². The molecule has 4 nitrogen and oxygen atoms in total. The highest BCUT2D eigenvalue weighted by Crippen LogP contribution is 2.38. The second-order valence-corrected chi connectivity index (χ2v) is 6.64. The van der Waals surface area contributed by atoms with Crippen molar-refractivity contribution in [3.05, 3.63) is 28.3 Å². The number of fused-ring (bicyclic) bond motifs is 2. The summed E-state index contributed by atoms with van der Waals surface area (Å²) in [6.07, 6.45) is 3.54. The van der Waals surface area contributed by atoms with E-state index in [0.29, 0.717) is 29.2 Å². The Kier molecular flexibility index (Phi) is 3.95. The lowest BCUT2D eigenvalue weighted by Crippen LogP contribution is -2.44. The van der Waals surface area contributed by atoms with Crippen molar-refractivity contribution < 1.29 is 15.0 Å². The summed E-state index contributed by atoms with van der Waals surface area (Å²) in [7, 11) is 0. The lowest BCUT2D eigenvalue weighted by atomic mass is 9.98. The SMILES string of the molecule is CC(=O)c1cc(Cl)cc(CN2C3CCC2CC(O)C3)c1O. The smallest absolute Gasteiger partial charge is 0.163 e. The first-order valence-corrected chi connectivity index (χ1v) is 7.79. The van der Waals surface area contributed by atoms with Crippen LogP contribution in [-0.4, -0.2) is 39.1 Å². The van der Waals surface area contributed by atoms with Crippen molar-refractivity contribution in [1.29, 1.82) is 0 Å². The zero-order valence-electron chi connectivity index (χ0n) is 12.1. The van der Waals surface area contributed by atoms with Gasteiger partial charge in [-0.15, -0.1) is 0 Å². The maximum absolute atomic E-state index is 11.6. The zero-order chi connectivity index (χ0) is 15.1. The fourth-order valence-corrected chi connectivity index (χ4v) is 3.99. The number of rotatable bonds is 3. The molecule has 2 aliphatic heterocycles. The number of aliphatic hydroxyl groups excluding tert-OH is 1. The molecule has 1 aromatic carbocycles. The molecule has 2 heterocycles. The summed E-state index contributed by atoms with van der Waals surface area (Å²) in [6, 6.07) is 3.96. The number of Topliss-reactive ketones (excluding diaryl/α,β-unsaturated/α-hetero) is 1. The molecule has 0 amide bonds. The molecule has 2 unspecified atom stereocenters. The number of piperidine rings is 1. The van der Waals surface area contributed by atoms with Crippen molar-refractivity contribution in [2.24, 2.45) is 0 Å². The minimum atomic E-state index is -0.209. The predicted molar refractivity (Wildman–Crippen MR) is 80.7 cm³/mol. The quantitative estimate of drug-likeness (QED) is 0.843. The van der Waals surface area contributed by atoms with Crippen molar-refractivity contribution in [3.63, 3.8) is 0 Å². The van der Waals surface area contributed by atoms with Crippen molar-refractivity contribution in [2.45, 2.75) is 57.3 Å². The lowest BCUT2D eigenvalue weighted by Gasteiger charge is -2.37. The number of benzene rings is 1. The fraction of sp³-hybridized carbons (Fsp3) is 0.562. The summed E-state index contributed by atoms with van der Waals surface area (Å²) in [4.78, 5) is 13.9. The molecule has 2 aliphatic rings. The molecule has 2 atom stereocenters. The van der Waals surface area contributed by atoms with Gasteiger partial charge in [0.1, 0.15) is 5.75 Å². The number of phenols is 1. The van der Waals surface area contributed by atoms with E-state index in [1.54, 1.807) is 6.07 Å². The summed E-state index contributed by atoms with van der Waals surface area (Å²) in [5.74, 6) is -0.147. The number of carbonyl (C=O) groups is 1. The highest BCUT2D eigenvalue weighted by Gasteiger charge is 2.40. The summed E-state index contributed by atoms with van der Waals surface area (Å²) in [5.41, 5.74) is 0.975. The Labute approximate surface area is 129 Å². The van der Waals surface area contributed by atoms with Gasteiger partial charge < -0.3 is 10.2 Å². The minimum absolute atomic E-state index is 0.0393. The number of phenolic OH excluding ortho intramolecular Hbond substituents is 1. The average Bonchev–Trinajstić information content (AvgIpc) is 2.65. The Hall–Kier alpha value is -1.10. The molecular formula is C16H20ClNO3. The number of carbonyl (C=O) groups excluding carboxylic acids is 1. The Balaban J connectivity index is 1.87. The van der Waals surface area contributed by atoms with Crippen LogP contribution in [0.15, 0.2) is 12.1 Å². The molecule has 2 saturated heterocycles. The van der Waals surface area contributed by atoms with Crippen LogP contribution in [0.3, 0.4) is 0 Å². The van der Waals surface area contributed by atoms with Crippen LogP contribution in [0.2, 0.25) is 5.02 Å². The van der Waals surface area contributed by atoms with E-state index in [-0.39, 0.29) is 23.2 Å². The molecule has 0 aliphatic carbocycles. The molecule has 0 radical (unpaired) electrons. The number of ketones is 1. The first-order chi connectivity index (χ1) is 9.95. The second-order valence-electron chi connectivity index (χ2n) is 6.20. The van der Waals surface area contributed by atoms with Crippen molar-refractivity contribution in [3.8, 4) is 5.75 Å². The van der Waals surface area contributed by atoms with Crippen LogP contribution in [0, 0.1) is 0 Å². The van der Waals surface area contributed by atoms with Crippen LogP contribution in [0.25, 0.3) is 0 Å². The first kappa shape index (κ1) is 14.8. The molecule has 3 rings (SSSR count). The van der Waals surface area contributed by atoms with E-state index in [4.69, 9.17) is 11.6 Å². The zero-order valence-corrected chi connectivity index (χ0v) is 12.8. The largest absolute Gasteiger partial charge is 0.507 e. The van der Waals surface area contributed by atoms with Gasteiger partial charge >= 0.3 is 0 Å². The Morgan fingerprint density at radius 3 is 2.52 bits per heavy atom. The van der Waals surface area contributed by atoms with Crippen LogP contribution in [-0.2, 0) is 6.54 Å². The predicted octanol–water partition coefficient (Wildman–Crippen LogP) is 2.74. The summed E-state index contributed by atoms with van der Waals surface area (Å²) >= 11 is 6.07. The molecular weight excluding hydrogens is 290 g/mol. The van der Waals surface area contributed by atoms with Crippen LogP contribution in [0.4, 0.5) is 0 Å². The highest BCUT2D eigenvalue weighted by molar-refractivity contribution is 6.31. The molecule has 2 bridgehead atoms. The number of halogens is 1. The van der Waals surface area contributed by atoms with Gasteiger partial charge in [0.25, 0.3) is 0 Å². The van der Waals surface area contributed by atoms with Crippen molar-refractivity contribution >= 4 is 17.4 Å². The van der Waals surface area contributed by atoms with Crippen LogP contribution in [0.5, 0.6) is 5.75 Å². The van der Waals surface area contributed by atoms with Gasteiger partial charge in [-0.2, -0.15) is 0 Å². The Morgan fingerprint density at radius 2 is 1.95 bits per heavy atom. The molecule has 1 aromatic rings. The van der Waals surface area contributed by atoms with E-state index in [1.807, 2.05) is 0 Å². The van der Waals surface area contributed by atoms with Gasteiger partial charge in [-0.05, 0) is 44.7 Å². The van der Waals surface area contributed by atoms with Gasteiger partial charge in [0, 0.05) is 29.2 Å². The minimum Gasteiger partial charge on any atom is -0.507 e. The van der Waals surface area contributed by atoms with E-state index in [1.165, 1.54) is 13.0 Å². The van der Waals surface area contributed by atoms with Gasteiger partial charge in [-0.1, -0.05) is 11.6 Å². The van der Waals surface area contributed by atoms with Crippen LogP contribution >= 0.6 is 11.6 Å². The van der Waals surface area contributed by atoms with Gasteiger partial charge in [0.15, 0.2) is 5.78 Å². The Bertz CT molecular complexity index is 561. The first-order valence-electron chi connectivity index (χ1n) is 7.42. The maximum atomic E-state index is 11.6. The summed E-state index contributed by atoms with van der Waals surface area (Å²) in [5, 5.41) is 20.6. The molecule has 5 heteroatoms. The fourth-order valence-electron chi connectivity index (χ4n) is 3.74. The van der Waals surface area contributed by atoms with Gasteiger partial charge in [-0.25, -0.2) is 0 Å². The highest BCUT2D eigenvalue weighted by atomic mass is 35.5. The standard InChI is InChI=1S/C16H20ClNO3/c1-9(19)15-5-11(17)4-10(16(15)21)8-18-12-2-3-13(18)7-14(20)6-12/h4-5,12-14,20-21H,2-3,6-8H2,1H3. The normalized spacial score (nSPS) is 28.8. The Morgan fingerprint density at radius 1 is 1.33 bits per heavy atom. The van der Waals surface area contributed by atoms with Crippen molar-refractivity contribution in [1.82, 2.24) is 4.90 Å². The van der Waals surface area contributed by atoms with E-state index < -0.39 is 0 Å². The monoisotopic (exact) mass is 309 g/mol. The number of nitrogens with zero attached hydrogens (tertiary/aromatic N) is 1. The molecule has 0 saturated carbocycles. The number of hydrogen-bond acceptors (Lipinski definition) is 4. The van der Waals surface area contributed by atoms with Crippen LogP contribution < -0.4 is 0 Å². The topological polar surface area (TPSA) is 60.8 Å². The molecule has 0 spiro atoms. The third kappa shape index (κ3) is 2.80. The van der Waals surface area contributed by atoms with E-state index in [9.17, 15) is 15.0 Å². The van der Waals surface area contributed by atoms with E-state index >= 15 is 0 Å². The second kappa shape index (κ2) is 5.59. The maximum Gasteiger partial charge on any atom is 0.163 e. The van der Waals surface area contributed by atoms with E-state index in [2.05, 4.69) is 4.90 Å². The molecule has 0 aromatic heterocycles. The number of aliphatic hydroxyl groups is 1. The molecule has 114 valence electrons. The summed E-state index contributed by atoms with van der Waals surface area (Å²) < 4.78 is 0. The van der Waals surface area contributed by atoms with Crippen LogP contribution in [0.1, 0.15) is 48.5 Å². The average molecular weight is 310 g/mol. The van der Waals surface area contributed by atoms with Gasteiger partial charge in [-0.3, -0.25) is 9.69 Å². The third-order valence-electron chi connectivity index (χ3n) is 4.75. The molecule has 21 heavy (non-hydrogen) atoms. The number of aromatic hydroxyl groups is 1. The lowest BCUT2D eigenvalue weighted by molar-refractivity contribution is 0.0307. The van der Waals surface area contributed by atoms with Crippen molar-refractivity contribution in [2.75, 3.05) is 0 Å². The molecule has 2 N–H and O–H groups in total. The molecule has 2 fully saturated rings.